The van der Waals surface area contributed by atoms with E-state index in [-0.39, 0.29) is 17.0 Å². The van der Waals surface area contributed by atoms with E-state index in [1.807, 2.05) is 0 Å². The van der Waals surface area contributed by atoms with Crippen molar-refractivity contribution in [3.05, 3.63) is 0 Å². The molecule has 2 saturated heterocycles. The van der Waals surface area contributed by atoms with E-state index in [1.54, 1.807) is 4.42 Å². The van der Waals surface area contributed by atoms with Gasteiger partial charge in [-0.05, 0) is 11.8 Å². The van der Waals surface area contributed by atoms with Crippen LogP contribution < -0.4 is 0 Å². The summed E-state index contributed by atoms with van der Waals surface area (Å²) in [6.07, 6.45) is -0.373. The van der Waals surface area contributed by atoms with Gasteiger partial charge in [-0.25, -0.2) is 4.42 Å². The van der Waals surface area contributed by atoms with Crippen molar-refractivity contribution in [3.8, 4) is 0 Å². The minimum absolute atomic E-state index is 0.0268. The summed E-state index contributed by atoms with van der Waals surface area (Å²) in [5.74, 6) is 0. The van der Waals surface area contributed by atoms with E-state index in [4.69, 9.17) is 16.5 Å². The van der Waals surface area contributed by atoms with Crippen LogP contribution >= 0.6 is 27.7 Å². The van der Waals surface area contributed by atoms with Gasteiger partial charge in [0.25, 0.3) is 0 Å². The molecule has 2 heterocycles. The monoisotopic (exact) mass is 241 g/mol. The van der Waals surface area contributed by atoms with Crippen LogP contribution in [0.25, 0.3) is 0 Å². The van der Waals surface area contributed by atoms with Crippen LogP contribution in [0.5, 0.6) is 0 Å². The lowest BCUT2D eigenvalue weighted by Crippen LogP contribution is -2.35. The number of nitrogens with zero attached hydrogens (tertiary/aromatic N) is 1. The van der Waals surface area contributed by atoms with Crippen molar-refractivity contribution in [1.82, 2.24) is 4.42 Å². The number of hydrogen-bond acceptors (Lipinski definition) is 3. The second-order valence-corrected chi connectivity index (χ2v) is 4.56. The SMILES string of the molecule is O[C@H]1CO[C@H]2[C@@H]1N(Cl)C[C@@H]2Br. The maximum Gasteiger partial charge on any atom is 0.0967 e. The normalized spacial score (nSPS) is 51.5. The molecule has 0 aromatic rings. The summed E-state index contributed by atoms with van der Waals surface area (Å²) in [6, 6.07) is -0.0268. The Morgan fingerprint density at radius 1 is 1.64 bits per heavy atom. The van der Waals surface area contributed by atoms with E-state index in [2.05, 4.69) is 15.9 Å². The van der Waals surface area contributed by atoms with Gasteiger partial charge in [0.2, 0.25) is 0 Å². The van der Waals surface area contributed by atoms with Crippen molar-refractivity contribution in [2.24, 2.45) is 0 Å². The Labute approximate surface area is 78.5 Å². The molecule has 0 spiro atoms. The Morgan fingerprint density at radius 2 is 2.36 bits per heavy atom. The number of fused-ring (bicyclic) bond motifs is 1. The molecule has 3 nitrogen and oxygen atoms in total. The zero-order valence-corrected chi connectivity index (χ0v) is 8.12. The topological polar surface area (TPSA) is 32.7 Å². The summed E-state index contributed by atoms with van der Waals surface area (Å²) in [7, 11) is 0. The molecule has 0 saturated carbocycles. The van der Waals surface area contributed by atoms with Crippen molar-refractivity contribution in [1.29, 1.82) is 0 Å². The summed E-state index contributed by atoms with van der Waals surface area (Å²) >= 11 is 9.32. The number of ether oxygens (including phenoxy) is 1. The van der Waals surface area contributed by atoms with Gasteiger partial charge in [0, 0.05) is 6.54 Å². The minimum atomic E-state index is -0.431. The van der Waals surface area contributed by atoms with Crippen LogP contribution in [-0.2, 0) is 4.74 Å². The van der Waals surface area contributed by atoms with E-state index < -0.39 is 6.10 Å². The third-order valence-electron chi connectivity index (χ3n) is 2.22. The molecule has 64 valence electrons. The second kappa shape index (κ2) is 2.85. The molecule has 1 N–H and O–H groups in total. The quantitative estimate of drug-likeness (QED) is 0.491. The molecule has 2 aliphatic rings. The molecule has 4 atom stereocenters. The number of halogens is 2. The van der Waals surface area contributed by atoms with Gasteiger partial charge in [0.15, 0.2) is 0 Å². The van der Waals surface area contributed by atoms with E-state index in [9.17, 15) is 5.11 Å². The van der Waals surface area contributed by atoms with E-state index >= 15 is 0 Å². The minimum Gasteiger partial charge on any atom is -0.389 e. The van der Waals surface area contributed by atoms with E-state index in [0.717, 1.165) is 6.54 Å². The predicted molar refractivity (Wildman–Crippen MR) is 44.8 cm³/mol. The molecule has 2 rings (SSSR count). The Hall–Kier alpha value is 0.650. The van der Waals surface area contributed by atoms with Crippen LogP contribution in [0.4, 0.5) is 0 Å². The van der Waals surface area contributed by atoms with Crippen molar-refractivity contribution >= 4 is 27.7 Å². The Bertz CT molecular complexity index is 171. The highest BCUT2D eigenvalue weighted by molar-refractivity contribution is 9.09. The van der Waals surface area contributed by atoms with Gasteiger partial charge in [0.1, 0.15) is 0 Å². The standard InChI is InChI=1S/C6H9BrClNO2/c7-3-1-9(8)5-4(10)2-11-6(3)5/h3-6,10H,1-2H2/t3-,4-,5+,6+/m0/s1. The first-order valence-electron chi connectivity index (χ1n) is 3.56. The first-order valence-corrected chi connectivity index (χ1v) is 4.81. The van der Waals surface area contributed by atoms with Gasteiger partial charge in [-0.15, -0.1) is 0 Å². The largest absolute Gasteiger partial charge is 0.389 e. The molecule has 0 bridgehead atoms. The first kappa shape index (κ1) is 8.26. The molecular formula is C6H9BrClNO2. The number of aliphatic hydroxyl groups is 1. The number of hydrogen-bond donors (Lipinski definition) is 1. The fraction of sp³-hybridized carbons (Fsp3) is 1.00. The first-order chi connectivity index (χ1) is 5.20. The lowest BCUT2D eigenvalue weighted by Gasteiger charge is -2.16. The summed E-state index contributed by atoms with van der Waals surface area (Å²) in [5, 5.41) is 9.42. The van der Waals surface area contributed by atoms with Gasteiger partial charge >= 0.3 is 0 Å². The molecule has 0 amide bonds. The Balaban J connectivity index is 2.15. The fourth-order valence-corrected chi connectivity index (χ4v) is 3.02. The summed E-state index contributed by atoms with van der Waals surface area (Å²) in [5.41, 5.74) is 0. The lowest BCUT2D eigenvalue weighted by atomic mass is 10.1. The molecule has 0 aromatic heterocycles. The van der Waals surface area contributed by atoms with Gasteiger partial charge in [-0.3, -0.25) is 0 Å². The van der Waals surface area contributed by atoms with E-state index in [1.165, 1.54) is 0 Å². The zero-order chi connectivity index (χ0) is 8.01. The van der Waals surface area contributed by atoms with Crippen LogP contribution in [0, 0.1) is 0 Å². The van der Waals surface area contributed by atoms with Gasteiger partial charge < -0.3 is 9.84 Å². The molecule has 2 fully saturated rings. The molecule has 2 aliphatic heterocycles. The zero-order valence-electron chi connectivity index (χ0n) is 5.78. The van der Waals surface area contributed by atoms with E-state index in [0.29, 0.717) is 6.61 Å². The highest BCUT2D eigenvalue weighted by Crippen LogP contribution is 2.34. The molecule has 0 aliphatic carbocycles. The van der Waals surface area contributed by atoms with Gasteiger partial charge in [0.05, 0.1) is 29.7 Å². The third kappa shape index (κ3) is 1.21. The lowest BCUT2D eigenvalue weighted by molar-refractivity contribution is 0.0890. The Morgan fingerprint density at radius 3 is 3.00 bits per heavy atom. The van der Waals surface area contributed by atoms with Gasteiger partial charge in [-0.2, -0.15) is 0 Å². The predicted octanol–water partition coefficient (Wildman–Crippen LogP) is 0.348. The Kier molecular flexibility index (Phi) is 2.14. The second-order valence-electron chi connectivity index (χ2n) is 2.95. The van der Waals surface area contributed by atoms with Gasteiger partial charge in [-0.1, -0.05) is 15.9 Å². The highest BCUT2D eigenvalue weighted by Gasteiger charge is 2.49. The van der Waals surface area contributed by atoms with Crippen LogP contribution in [-0.4, -0.2) is 45.8 Å². The van der Waals surface area contributed by atoms with Crippen LogP contribution in [0.1, 0.15) is 0 Å². The van der Waals surface area contributed by atoms with Crippen LogP contribution in [0.2, 0.25) is 0 Å². The van der Waals surface area contributed by atoms with Crippen molar-refractivity contribution in [3.63, 3.8) is 0 Å². The summed E-state index contributed by atoms with van der Waals surface area (Å²) < 4.78 is 6.98. The van der Waals surface area contributed by atoms with Crippen molar-refractivity contribution in [2.75, 3.05) is 13.2 Å². The summed E-state index contributed by atoms with van der Waals surface area (Å²) in [4.78, 5) is 0.252. The highest BCUT2D eigenvalue weighted by atomic mass is 79.9. The molecule has 0 unspecified atom stereocenters. The molecule has 0 aromatic carbocycles. The van der Waals surface area contributed by atoms with Crippen LogP contribution in [0.3, 0.4) is 0 Å². The maximum atomic E-state index is 9.42. The average Bonchev–Trinajstić information content (AvgIpc) is 2.41. The number of alkyl halides is 1. The van der Waals surface area contributed by atoms with Crippen molar-refractivity contribution in [2.45, 2.75) is 23.1 Å². The van der Waals surface area contributed by atoms with Crippen molar-refractivity contribution < 1.29 is 9.84 Å². The molecular weight excluding hydrogens is 233 g/mol. The average molecular weight is 242 g/mol. The number of rotatable bonds is 0. The van der Waals surface area contributed by atoms with Crippen LogP contribution in [0.15, 0.2) is 0 Å². The smallest absolute Gasteiger partial charge is 0.0967 e. The fourth-order valence-electron chi connectivity index (χ4n) is 1.68. The summed E-state index contributed by atoms with van der Waals surface area (Å²) in [6.45, 7) is 1.13. The molecule has 11 heavy (non-hydrogen) atoms. The molecule has 0 radical (unpaired) electrons. The molecule has 5 heteroatoms. The number of aliphatic hydroxyl groups excluding tert-OH is 1. The third-order valence-corrected chi connectivity index (χ3v) is 3.39. The maximum absolute atomic E-state index is 9.42.